The maximum Gasteiger partial charge on any atom is 0.0860 e. The fraction of sp³-hybridized carbons (Fsp3) is 0.812. The van der Waals surface area contributed by atoms with Crippen LogP contribution in [0.2, 0.25) is 5.02 Å². The van der Waals surface area contributed by atoms with Crippen molar-refractivity contribution in [2.45, 2.75) is 65.6 Å². The highest BCUT2D eigenvalue weighted by Gasteiger charge is 2.20. The number of nitrogens with zero attached hydrogens (tertiary/aromatic N) is 3. The van der Waals surface area contributed by atoms with Gasteiger partial charge in [-0.2, -0.15) is 5.10 Å². The molecule has 4 nitrogen and oxygen atoms in total. The molecule has 0 aliphatic carbocycles. The molecule has 1 aliphatic heterocycles. The molecule has 1 unspecified atom stereocenters. The molecule has 120 valence electrons. The van der Waals surface area contributed by atoms with E-state index in [0.29, 0.717) is 6.04 Å². The third kappa shape index (κ3) is 4.44. The molecular formula is C16H29ClN4. The van der Waals surface area contributed by atoms with Crippen molar-refractivity contribution in [1.82, 2.24) is 20.0 Å². The summed E-state index contributed by atoms with van der Waals surface area (Å²) in [6.45, 7) is 11.5. The van der Waals surface area contributed by atoms with Crippen molar-refractivity contribution >= 4 is 11.6 Å². The molecule has 21 heavy (non-hydrogen) atoms. The summed E-state index contributed by atoms with van der Waals surface area (Å²) in [6.07, 6.45) is 5.13. The Balaban J connectivity index is 2.04. The number of aromatic nitrogens is 2. The maximum absolute atomic E-state index is 6.45. The van der Waals surface area contributed by atoms with Crippen molar-refractivity contribution in [3.8, 4) is 0 Å². The van der Waals surface area contributed by atoms with Gasteiger partial charge < -0.3 is 5.32 Å². The Hall–Kier alpha value is -0.580. The van der Waals surface area contributed by atoms with Gasteiger partial charge in [0, 0.05) is 25.7 Å². The van der Waals surface area contributed by atoms with E-state index in [1.807, 2.05) is 6.92 Å². The molecule has 5 heteroatoms. The SMILES string of the molecule is CCCN(Cc1c(Cl)c(C)nn1CC)CC1CCCCN1. The van der Waals surface area contributed by atoms with Gasteiger partial charge in [0.05, 0.1) is 16.4 Å². The number of hydrogen-bond donors (Lipinski definition) is 1. The lowest BCUT2D eigenvalue weighted by Gasteiger charge is -2.30. The quantitative estimate of drug-likeness (QED) is 0.839. The van der Waals surface area contributed by atoms with Gasteiger partial charge in [-0.05, 0) is 46.2 Å². The second-order valence-corrected chi connectivity index (χ2v) is 6.42. The highest BCUT2D eigenvalue weighted by Crippen LogP contribution is 2.22. The molecule has 1 saturated heterocycles. The second kappa shape index (κ2) is 8.16. The van der Waals surface area contributed by atoms with Crippen molar-refractivity contribution in [3.05, 3.63) is 16.4 Å². The minimum absolute atomic E-state index is 0.628. The van der Waals surface area contributed by atoms with E-state index in [1.165, 1.54) is 31.4 Å². The smallest absolute Gasteiger partial charge is 0.0860 e. The van der Waals surface area contributed by atoms with E-state index >= 15 is 0 Å². The number of halogens is 1. The van der Waals surface area contributed by atoms with Crippen molar-refractivity contribution in [1.29, 1.82) is 0 Å². The lowest BCUT2D eigenvalue weighted by Crippen LogP contribution is -2.43. The summed E-state index contributed by atoms with van der Waals surface area (Å²) >= 11 is 6.45. The van der Waals surface area contributed by atoms with Crippen LogP contribution < -0.4 is 5.32 Å². The first-order chi connectivity index (χ1) is 10.2. The van der Waals surface area contributed by atoms with E-state index in [-0.39, 0.29) is 0 Å². The fourth-order valence-electron chi connectivity index (χ4n) is 3.17. The third-order valence-electron chi connectivity index (χ3n) is 4.26. The average Bonchev–Trinajstić information content (AvgIpc) is 2.76. The molecular weight excluding hydrogens is 284 g/mol. The Morgan fingerprint density at radius 3 is 2.81 bits per heavy atom. The summed E-state index contributed by atoms with van der Waals surface area (Å²) in [6, 6.07) is 0.628. The van der Waals surface area contributed by atoms with Gasteiger partial charge in [-0.1, -0.05) is 24.9 Å². The molecule has 0 radical (unpaired) electrons. The van der Waals surface area contributed by atoms with Crippen LogP contribution in [-0.2, 0) is 13.1 Å². The molecule has 1 fully saturated rings. The van der Waals surface area contributed by atoms with Gasteiger partial charge in [-0.15, -0.1) is 0 Å². The van der Waals surface area contributed by atoms with Crippen molar-refractivity contribution in [2.75, 3.05) is 19.6 Å². The third-order valence-corrected chi connectivity index (χ3v) is 4.75. The van der Waals surface area contributed by atoms with E-state index in [1.54, 1.807) is 0 Å². The summed E-state index contributed by atoms with van der Waals surface area (Å²) in [5.41, 5.74) is 2.11. The van der Waals surface area contributed by atoms with Crippen LogP contribution >= 0.6 is 11.6 Å². The summed E-state index contributed by atoms with van der Waals surface area (Å²) < 4.78 is 2.05. The van der Waals surface area contributed by atoms with E-state index < -0.39 is 0 Å². The summed E-state index contributed by atoms with van der Waals surface area (Å²) in [4.78, 5) is 2.53. The molecule has 0 aromatic carbocycles. The molecule has 1 N–H and O–H groups in total. The maximum atomic E-state index is 6.45. The van der Waals surface area contributed by atoms with Crippen LogP contribution in [-0.4, -0.2) is 40.4 Å². The molecule has 0 bridgehead atoms. The zero-order valence-electron chi connectivity index (χ0n) is 13.7. The Morgan fingerprint density at radius 2 is 2.19 bits per heavy atom. The standard InChI is InChI=1S/C16H29ClN4/c1-4-10-20(11-14-8-6-7-9-18-14)12-15-16(17)13(3)19-21(15)5-2/h14,18H,4-12H2,1-3H3. The van der Waals surface area contributed by atoms with Crippen LogP contribution in [0.4, 0.5) is 0 Å². The molecule has 1 aromatic rings. The Bertz CT molecular complexity index is 438. The number of hydrogen-bond acceptors (Lipinski definition) is 3. The average molecular weight is 313 g/mol. The van der Waals surface area contributed by atoms with Crippen molar-refractivity contribution in [3.63, 3.8) is 0 Å². The van der Waals surface area contributed by atoms with Gasteiger partial charge in [0.25, 0.3) is 0 Å². The number of nitrogens with one attached hydrogen (secondary N) is 1. The first-order valence-corrected chi connectivity index (χ1v) is 8.71. The highest BCUT2D eigenvalue weighted by atomic mass is 35.5. The van der Waals surface area contributed by atoms with Gasteiger partial charge in [0.2, 0.25) is 0 Å². The van der Waals surface area contributed by atoms with E-state index in [0.717, 1.165) is 43.4 Å². The summed E-state index contributed by atoms with van der Waals surface area (Å²) in [5, 5.41) is 9.02. The van der Waals surface area contributed by atoms with Gasteiger partial charge in [-0.3, -0.25) is 9.58 Å². The van der Waals surface area contributed by atoms with Gasteiger partial charge in [0.1, 0.15) is 0 Å². The fourth-order valence-corrected chi connectivity index (χ4v) is 3.37. The van der Waals surface area contributed by atoms with Gasteiger partial charge in [0.15, 0.2) is 0 Å². The minimum Gasteiger partial charge on any atom is -0.313 e. The van der Waals surface area contributed by atoms with Crippen LogP contribution in [0.25, 0.3) is 0 Å². The molecule has 1 aromatic heterocycles. The lowest BCUT2D eigenvalue weighted by atomic mass is 10.0. The van der Waals surface area contributed by atoms with Crippen LogP contribution in [0.3, 0.4) is 0 Å². The predicted octanol–water partition coefficient (Wildman–Crippen LogP) is 3.22. The van der Waals surface area contributed by atoms with Gasteiger partial charge >= 0.3 is 0 Å². The Labute approximate surface area is 133 Å². The topological polar surface area (TPSA) is 33.1 Å². The molecule has 0 spiro atoms. The molecule has 1 atom stereocenters. The first kappa shape index (κ1) is 16.8. The predicted molar refractivity (Wildman–Crippen MR) is 88.9 cm³/mol. The number of aryl methyl sites for hydroxylation is 2. The molecule has 1 aliphatic rings. The normalized spacial score (nSPS) is 19.4. The minimum atomic E-state index is 0.628. The monoisotopic (exact) mass is 312 g/mol. The largest absolute Gasteiger partial charge is 0.313 e. The first-order valence-electron chi connectivity index (χ1n) is 8.33. The Kier molecular flexibility index (Phi) is 6.52. The Morgan fingerprint density at radius 1 is 1.38 bits per heavy atom. The van der Waals surface area contributed by atoms with Crippen LogP contribution in [0.1, 0.15) is 50.9 Å². The summed E-state index contributed by atoms with van der Waals surface area (Å²) in [5.74, 6) is 0. The second-order valence-electron chi connectivity index (χ2n) is 6.04. The van der Waals surface area contributed by atoms with Crippen molar-refractivity contribution in [2.24, 2.45) is 0 Å². The van der Waals surface area contributed by atoms with Crippen molar-refractivity contribution < 1.29 is 0 Å². The van der Waals surface area contributed by atoms with Crippen LogP contribution in [0, 0.1) is 6.92 Å². The highest BCUT2D eigenvalue weighted by molar-refractivity contribution is 6.31. The lowest BCUT2D eigenvalue weighted by molar-refractivity contribution is 0.212. The van der Waals surface area contributed by atoms with Crippen LogP contribution in [0.5, 0.6) is 0 Å². The molecule has 0 amide bonds. The number of rotatable bonds is 7. The van der Waals surface area contributed by atoms with E-state index in [9.17, 15) is 0 Å². The molecule has 0 saturated carbocycles. The molecule has 2 rings (SSSR count). The zero-order valence-corrected chi connectivity index (χ0v) is 14.4. The van der Waals surface area contributed by atoms with Crippen LogP contribution in [0.15, 0.2) is 0 Å². The molecule has 2 heterocycles. The zero-order chi connectivity index (χ0) is 15.2. The summed E-state index contributed by atoms with van der Waals surface area (Å²) in [7, 11) is 0. The number of piperidine rings is 1. The van der Waals surface area contributed by atoms with Gasteiger partial charge in [-0.25, -0.2) is 0 Å². The van der Waals surface area contributed by atoms with E-state index in [4.69, 9.17) is 11.6 Å². The van der Waals surface area contributed by atoms with E-state index in [2.05, 4.69) is 33.8 Å².